The summed E-state index contributed by atoms with van der Waals surface area (Å²) in [6, 6.07) is 6.38. The van der Waals surface area contributed by atoms with Crippen LogP contribution in [0.3, 0.4) is 0 Å². The molecule has 16 heavy (non-hydrogen) atoms. The summed E-state index contributed by atoms with van der Waals surface area (Å²) in [6.07, 6.45) is 1.80. The van der Waals surface area contributed by atoms with Gasteiger partial charge in [-0.15, -0.1) is 0 Å². The number of hydrogen-bond donors (Lipinski definition) is 0. The highest BCUT2D eigenvalue weighted by molar-refractivity contribution is 6.02. The molecule has 0 aromatic heterocycles. The van der Waals surface area contributed by atoms with Crippen molar-refractivity contribution < 1.29 is 14.7 Å². The zero-order valence-corrected chi connectivity index (χ0v) is 8.97. The van der Waals surface area contributed by atoms with Gasteiger partial charge >= 0.3 is 0 Å². The SMILES string of the molecule is CN(C(=O)C1CC1)c1ccccc1C(=O)[O-]. The fraction of sp³-hybridized carbons (Fsp3) is 0.333. The molecule has 2 rings (SSSR count). The number of carboxylic acids is 1. The molecule has 0 atom stereocenters. The number of nitrogens with zero attached hydrogens (tertiary/aromatic N) is 1. The Morgan fingerprint density at radius 2 is 1.94 bits per heavy atom. The van der Waals surface area contributed by atoms with Gasteiger partial charge in [0.1, 0.15) is 0 Å². The first-order chi connectivity index (χ1) is 7.61. The van der Waals surface area contributed by atoms with Crippen molar-refractivity contribution in [3.63, 3.8) is 0 Å². The summed E-state index contributed by atoms with van der Waals surface area (Å²) >= 11 is 0. The lowest BCUT2D eigenvalue weighted by Gasteiger charge is -2.20. The molecule has 0 unspecified atom stereocenters. The number of amides is 1. The van der Waals surface area contributed by atoms with E-state index in [0.717, 1.165) is 12.8 Å². The third kappa shape index (κ3) is 1.91. The van der Waals surface area contributed by atoms with Gasteiger partial charge in [0.15, 0.2) is 0 Å². The Morgan fingerprint density at radius 1 is 1.31 bits per heavy atom. The standard InChI is InChI=1S/C12H13NO3/c1-13(11(14)8-6-7-8)10-5-3-2-4-9(10)12(15)16/h2-5,8H,6-7H2,1H3,(H,15,16)/p-1. The minimum Gasteiger partial charge on any atom is -0.545 e. The van der Waals surface area contributed by atoms with Crippen molar-refractivity contribution in [2.75, 3.05) is 11.9 Å². The van der Waals surface area contributed by atoms with Crippen LogP contribution in [0.4, 0.5) is 5.69 Å². The molecule has 4 nitrogen and oxygen atoms in total. The van der Waals surface area contributed by atoms with E-state index in [4.69, 9.17) is 0 Å². The number of carbonyl (C=O) groups is 2. The second-order valence-electron chi connectivity index (χ2n) is 3.98. The third-order valence-corrected chi connectivity index (χ3v) is 2.74. The van der Waals surface area contributed by atoms with E-state index < -0.39 is 5.97 Å². The molecule has 1 aromatic carbocycles. The normalized spacial score (nSPS) is 14.6. The molecule has 0 bridgehead atoms. The van der Waals surface area contributed by atoms with Crippen molar-refractivity contribution in [2.45, 2.75) is 12.8 Å². The second-order valence-corrected chi connectivity index (χ2v) is 3.98. The second kappa shape index (κ2) is 3.96. The molecule has 0 radical (unpaired) electrons. The molecule has 4 heteroatoms. The minimum absolute atomic E-state index is 0.0197. The van der Waals surface area contributed by atoms with Crippen LogP contribution in [0.2, 0.25) is 0 Å². The van der Waals surface area contributed by atoms with E-state index in [1.807, 2.05) is 0 Å². The number of aromatic carboxylic acids is 1. The van der Waals surface area contributed by atoms with Gasteiger partial charge in [0, 0.05) is 18.5 Å². The molecule has 1 saturated carbocycles. The van der Waals surface area contributed by atoms with Gasteiger partial charge in [0.2, 0.25) is 5.91 Å². The van der Waals surface area contributed by atoms with Crippen LogP contribution in [-0.4, -0.2) is 18.9 Å². The maximum absolute atomic E-state index is 11.8. The van der Waals surface area contributed by atoms with Gasteiger partial charge in [-0.3, -0.25) is 4.79 Å². The first-order valence-corrected chi connectivity index (χ1v) is 5.19. The maximum Gasteiger partial charge on any atom is 0.229 e. The summed E-state index contributed by atoms with van der Waals surface area (Å²) in [5, 5.41) is 10.9. The summed E-state index contributed by atoms with van der Waals surface area (Å²) in [5.41, 5.74) is 0.457. The zero-order chi connectivity index (χ0) is 11.7. The first-order valence-electron chi connectivity index (χ1n) is 5.19. The number of carboxylic acid groups (broad SMARTS) is 1. The van der Waals surface area contributed by atoms with E-state index >= 15 is 0 Å². The molecule has 0 saturated heterocycles. The van der Waals surface area contributed by atoms with Gasteiger partial charge in [-0.05, 0) is 18.9 Å². The summed E-state index contributed by atoms with van der Waals surface area (Å²) in [5.74, 6) is -1.21. The molecular weight excluding hydrogens is 206 g/mol. The highest BCUT2D eigenvalue weighted by Gasteiger charge is 2.33. The van der Waals surface area contributed by atoms with Crippen molar-refractivity contribution in [1.29, 1.82) is 0 Å². The molecule has 0 heterocycles. The van der Waals surface area contributed by atoms with E-state index in [2.05, 4.69) is 0 Å². The monoisotopic (exact) mass is 218 g/mol. The topological polar surface area (TPSA) is 60.4 Å². The zero-order valence-electron chi connectivity index (χ0n) is 8.97. The Kier molecular flexibility index (Phi) is 2.64. The molecule has 1 aliphatic carbocycles. The van der Waals surface area contributed by atoms with Crippen LogP contribution in [0.5, 0.6) is 0 Å². The number of carbonyl (C=O) groups excluding carboxylic acids is 2. The quantitative estimate of drug-likeness (QED) is 0.738. The first kappa shape index (κ1) is 10.7. The van der Waals surface area contributed by atoms with Gasteiger partial charge in [0.05, 0.1) is 11.7 Å². The van der Waals surface area contributed by atoms with Gasteiger partial charge in [-0.2, -0.15) is 0 Å². The summed E-state index contributed by atoms with van der Waals surface area (Å²) in [6.45, 7) is 0. The molecule has 0 aliphatic heterocycles. The number of para-hydroxylation sites is 1. The third-order valence-electron chi connectivity index (χ3n) is 2.74. The van der Waals surface area contributed by atoms with Crippen LogP contribution in [0, 0.1) is 5.92 Å². The minimum atomic E-state index is -1.26. The molecule has 84 valence electrons. The predicted octanol–water partition coefficient (Wildman–Crippen LogP) is 0.423. The Morgan fingerprint density at radius 3 is 2.50 bits per heavy atom. The van der Waals surface area contributed by atoms with Crippen LogP contribution in [-0.2, 0) is 4.79 Å². The summed E-state index contributed by atoms with van der Waals surface area (Å²) in [7, 11) is 1.60. The highest BCUT2D eigenvalue weighted by Crippen LogP contribution is 2.32. The molecule has 0 N–H and O–H groups in total. The maximum atomic E-state index is 11.8. The predicted molar refractivity (Wildman–Crippen MR) is 56.9 cm³/mol. The Labute approximate surface area is 93.5 Å². The highest BCUT2D eigenvalue weighted by atomic mass is 16.4. The largest absolute Gasteiger partial charge is 0.545 e. The Bertz CT molecular complexity index is 438. The van der Waals surface area contributed by atoms with Gasteiger partial charge in [-0.25, -0.2) is 0 Å². The number of rotatable bonds is 3. The van der Waals surface area contributed by atoms with Crippen LogP contribution in [0.25, 0.3) is 0 Å². The smallest absolute Gasteiger partial charge is 0.229 e. The number of benzene rings is 1. The van der Waals surface area contributed by atoms with E-state index in [-0.39, 0.29) is 17.4 Å². The molecule has 1 aromatic rings. The van der Waals surface area contributed by atoms with Crippen molar-refractivity contribution >= 4 is 17.6 Å². The fourth-order valence-electron chi connectivity index (χ4n) is 1.66. The van der Waals surface area contributed by atoms with Crippen LogP contribution < -0.4 is 10.0 Å². The van der Waals surface area contributed by atoms with Gasteiger partial charge in [-0.1, -0.05) is 18.2 Å². The number of anilines is 1. The molecular formula is C12H12NO3-. The molecule has 1 fully saturated rings. The average molecular weight is 218 g/mol. The van der Waals surface area contributed by atoms with Crippen LogP contribution in [0.15, 0.2) is 24.3 Å². The van der Waals surface area contributed by atoms with Crippen molar-refractivity contribution in [1.82, 2.24) is 0 Å². The van der Waals surface area contributed by atoms with E-state index in [1.54, 1.807) is 25.2 Å². The lowest BCUT2D eigenvalue weighted by molar-refractivity contribution is -0.254. The lowest BCUT2D eigenvalue weighted by Crippen LogP contribution is -2.31. The van der Waals surface area contributed by atoms with Crippen LogP contribution >= 0.6 is 0 Å². The van der Waals surface area contributed by atoms with Crippen LogP contribution in [0.1, 0.15) is 23.2 Å². The molecule has 1 aliphatic rings. The van der Waals surface area contributed by atoms with E-state index in [1.165, 1.54) is 11.0 Å². The Balaban J connectivity index is 2.31. The summed E-state index contributed by atoms with van der Waals surface area (Å²) in [4.78, 5) is 24.1. The molecule has 0 spiro atoms. The van der Waals surface area contributed by atoms with Crippen molar-refractivity contribution in [3.8, 4) is 0 Å². The van der Waals surface area contributed by atoms with Gasteiger partial charge < -0.3 is 14.8 Å². The molecule has 1 amide bonds. The lowest BCUT2D eigenvalue weighted by atomic mass is 10.1. The van der Waals surface area contributed by atoms with E-state index in [0.29, 0.717) is 5.69 Å². The van der Waals surface area contributed by atoms with Crippen molar-refractivity contribution in [2.24, 2.45) is 5.92 Å². The Hall–Kier alpha value is -1.84. The van der Waals surface area contributed by atoms with Gasteiger partial charge in [0.25, 0.3) is 0 Å². The average Bonchev–Trinajstić information content (AvgIpc) is 3.11. The number of hydrogen-bond acceptors (Lipinski definition) is 3. The summed E-state index contributed by atoms with van der Waals surface area (Å²) < 4.78 is 0. The van der Waals surface area contributed by atoms with Crippen molar-refractivity contribution in [3.05, 3.63) is 29.8 Å². The fourth-order valence-corrected chi connectivity index (χ4v) is 1.66. The van der Waals surface area contributed by atoms with E-state index in [9.17, 15) is 14.7 Å².